The average Bonchev–Trinajstić information content (AvgIpc) is 4.10. The molecule has 3 atom stereocenters. The van der Waals surface area contributed by atoms with Crippen LogP contribution in [0.25, 0.3) is 21.3 Å². The molecule has 4 N–H and O–H groups in total. The second kappa shape index (κ2) is 24.0. The van der Waals surface area contributed by atoms with Crippen LogP contribution in [-0.2, 0) is 30.8 Å². The van der Waals surface area contributed by atoms with Gasteiger partial charge in [-0.05, 0) is 128 Å². The van der Waals surface area contributed by atoms with Crippen molar-refractivity contribution in [1.82, 2.24) is 34.9 Å². The van der Waals surface area contributed by atoms with Crippen LogP contribution in [0.4, 0.5) is 29.3 Å². The lowest BCUT2D eigenvalue weighted by Gasteiger charge is -2.36. The smallest absolute Gasteiger partial charge is 0.433 e. The van der Waals surface area contributed by atoms with E-state index in [4.69, 9.17) is 19.3 Å². The number of aliphatic hydroxyl groups is 2. The molecule has 2 fully saturated rings. The van der Waals surface area contributed by atoms with Crippen molar-refractivity contribution in [2.45, 2.75) is 136 Å². The van der Waals surface area contributed by atoms with Gasteiger partial charge in [0.1, 0.15) is 41.4 Å². The van der Waals surface area contributed by atoms with Gasteiger partial charge in [0.25, 0.3) is 5.91 Å². The number of anilines is 2. The van der Waals surface area contributed by atoms with Crippen molar-refractivity contribution in [3.63, 3.8) is 0 Å². The molecule has 3 unspecified atom stereocenters. The summed E-state index contributed by atoms with van der Waals surface area (Å²) in [6, 6.07) is 10.1. The van der Waals surface area contributed by atoms with Crippen LogP contribution >= 0.6 is 11.3 Å². The van der Waals surface area contributed by atoms with Crippen molar-refractivity contribution in [3.8, 4) is 16.2 Å². The minimum atomic E-state index is -4.72. The summed E-state index contributed by atoms with van der Waals surface area (Å²) in [5.41, 5.74) is 0.589. The topological polar surface area (TPSA) is 214 Å². The van der Waals surface area contributed by atoms with E-state index in [-0.39, 0.29) is 37.9 Å². The summed E-state index contributed by atoms with van der Waals surface area (Å²) in [6.45, 7) is 18.0. The first kappa shape index (κ1) is 59.5. The molecule has 0 bridgehead atoms. The molecule has 4 heterocycles. The number of nitrogens with one attached hydrogen (secondary N) is 2. The number of alkyl halides is 3. The molecule has 0 radical (unpaired) electrons. The summed E-state index contributed by atoms with van der Waals surface area (Å²) in [7, 11) is 3.68. The van der Waals surface area contributed by atoms with Crippen LogP contribution in [0.1, 0.15) is 121 Å². The first-order chi connectivity index (χ1) is 36.5. The number of pyridine rings is 1. The quantitative estimate of drug-likeness (QED) is 0.0604. The number of hydrogen-bond acceptors (Lipinski definition) is 14. The summed E-state index contributed by atoms with van der Waals surface area (Å²) in [6.07, 6.45) is -0.810. The Hall–Kier alpha value is -6.20. The van der Waals surface area contributed by atoms with E-state index in [2.05, 4.69) is 32.5 Å². The van der Waals surface area contributed by atoms with Crippen LogP contribution in [-0.4, -0.2) is 141 Å². The molecule has 1 saturated heterocycles. The zero-order chi connectivity index (χ0) is 57.1. The number of aryl methyl sites for hydroxylation is 1. The van der Waals surface area contributed by atoms with Crippen LogP contribution in [0.3, 0.4) is 0 Å². The summed E-state index contributed by atoms with van der Waals surface area (Å²) < 4.78 is 59.8. The number of aliphatic hydroxyl groups excluding tert-OH is 1. The first-order valence-corrected chi connectivity index (χ1v) is 27.2. The lowest BCUT2D eigenvalue weighted by Crippen LogP contribution is -2.58. The fraction of sp³-hybridized carbons (Fsp3) is 0.554. The van der Waals surface area contributed by atoms with Crippen LogP contribution in [0.15, 0.2) is 60.2 Å². The van der Waals surface area contributed by atoms with Gasteiger partial charge in [0.15, 0.2) is 0 Å². The number of carbonyl (C=O) groups is 4. The van der Waals surface area contributed by atoms with E-state index >= 15 is 0 Å². The summed E-state index contributed by atoms with van der Waals surface area (Å²) in [5, 5.41) is 32.9. The van der Waals surface area contributed by atoms with E-state index in [1.165, 1.54) is 27.2 Å². The Morgan fingerprint density at radius 3 is 2.29 bits per heavy atom. The van der Waals surface area contributed by atoms with Gasteiger partial charge >= 0.3 is 12.3 Å². The minimum absolute atomic E-state index is 0.0114. The third-order valence-corrected chi connectivity index (χ3v) is 15.0. The predicted octanol–water partition coefficient (Wildman–Crippen LogP) is 8.98. The van der Waals surface area contributed by atoms with E-state index in [1.54, 1.807) is 86.1 Å². The standard InChI is InChI=1S/C56H74F3N9O9S/c1-33-47(78-32-60-33)35-17-20-43(66(11)50(71)44-27-38(69)31-67(44)51(72)48(53(2,3)4)63-52(73)77-54(5,6)7)45(26-35)76-24-23-75-22-21-65(10)29-34-15-18-37(19-16-34)68-30-36-25-42(39(55(8,9)74)28-41(36)64-68)62-49(70)40-13-12-14-46(61-40)56(57,58)59/h12-14,17,20,25-26,28,30,32,34,37-38,44,48,69,74H,15-16,18-19,21-24,27,29,31H2,1-11H3,(H,62,70)(H,63,73). The molecule has 78 heavy (non-hydrogen) atoms. The van der Waals surface area contributed by atoms with Gasteiger partial charge in [0.05, 0.1) is 58.2 Å². The number of nitrogens with zero attached hydrogens (tertiary/aromatic N) is 7. The molecule has 1 saturated carbocycles. The lowest BCUT2D eigenvalue weighted by molar-refractivity contribution is -0.141. The maximum absolute atomic E-state index is 14.5. The summed E-state index contributed by atoms with van der Waals surface area (Å²) in [5.74, 6) is -0.900. The third kappa shape index (κ3) is 14.9. The molecule has 0 spiro atoms. The first-order valence-electron chi connectivity index (χ1n) is 26.3. The maximum atomic E-state index is 14.5. The number of likely N-dealkylation sites (tertiary alicyclic amines) is 1. The van der Waals surface area contributed by atoms with Crippen molar-refractivity contribution < 1.29 is 56.8 Å². The SMILES string of the molecule is Cc1ncsc1-c1ccc(N(C)C(=O)C2CC(O)CN2C(=O)C(NC(=O)OC(C)(C)C)C(C)(C)C)c(OCCOCCN(C)CC2CCC(n3cc4cc(NC(=O)c5cccc(C(F)(F)F)n5)c(C(C)(C)O)cc4n3)CC2)c1. The number of benzene rings is 2. The molecule has 1 aliphatic carbocycles. The number of fused-ring (bicyclic) bond motifs is 1. The second-order valence-electron chi connectivity index (χ2n) is 23.1. The number of hydrogen-bond donors (Lipinski definition) is 4. The number of likely N-dealkylation sites (N-methyl/N-ethyl adjacent to an activating group) is 2. The van der Waals surface area contributed by atoms with Gasteiger partial charge in [0.2, 0.25) is 11.8 Å². The highest BCUT2D eigenvalue weighted by molar-refractivity contribution is 7.13. The molecule has 22 heteroatoms. The van der Waals surface area contributed by atoms with Gasteiger partial charge < -0.3 is 49.8 Å². The number of carbonyl (C=O) groups excluding carboxylic acids is 4. The number of ether oxygens (including phenoxy) is 3. The Morgan fingerprint density at radius 2 is 1.65 bits per heavy atom. The average molecular weight is 1110 g/mol. The zero-order valence-corrected chi connectivity index (χ0v) is 47.2. The van der Waals surface area contributed by atoms with Gasteiger partial charge in [-0.1, -0.05) is 32.9 Å². The number of thiazole rings is 1. The molecular weight excluding hydrogens is 1030 g/mol. The molecule has 2 aliphatic rings. The van der Waals surface area contributed by atoms with Crippen molar-refractivity contribution >= 4 is 57.4 Å². The molecule has 1 aliphatic heterocycles. The minimum Gasteiger partial charge on any atom is -0.489 e. The van der Waals surface area contributed by atoms with Crippen molar-refractivity contribution in [2.24, 2.45) is 11.3 Å². The van der Waals surface area contributed by atoms with Crippen LogP contribution in [0.2, 0.25) is 0 Å². The Kier molecular flexibility index (Phi) is 18.3. The fourth-order valence-electron chi connectivity index (χ4n) is 9.95. The zero-order valence-electron chi connectivity index (χ0n) is 46.4. The van der Waals surface area contributed by atoms with Crippen LogP contribution < -0.4 is 20.3 Å². The second-order valence-corrected chi connectivity index (χ2v) is 23.9. The monoisotopic (exact) mass is 1110 g/mol. The Morgan fingerprint density at radius 1 is 0.936 bits per heavy atom. The van der Waals surface area contributed by atoms with E-state index in [0.717, 1.165) is 60.5 Å². The largest absolute Gasteiger partial charge is 0.489 e. The normalized spacial score (nSPS) is 18.8. The van der Waals surface area contributed by atoms with Crippen molar-refractivity contribution in [3.05, 3.63) is 82.9 Å². The lowest BCUT2D eigenvalue weighted by atomic mass is 9.85. The van der Waals surface area contributed by atoms with E-state index in [9.17, 15) is 42.6 Å². The van der Waals surface area contributed by atoms with Gasteiger partial charge in [-0.15, -0.1) is 11.3 Å². The van der Waals surface area contributed by atoms with Gasteiger partial charge in [0, 0.05) is 55.9 Å². The molecular formula is C56H74F3N9O9S. The Balaban J connectivity index is 0.919. The number of rotatable bonds is 18. The van der Waals surface area contributed by atoms with E-state index in [0.29, 0.717) is 47.0 Å². The van der Waals surface area contributed by atoms with E-state index in [1.807, 2.05) is 29.9 Å². The Labute approximate surface area is 457 Å². The molecule has 18 nitrogen and oxygen atoms in total. The summed E-state index contributed by atoms with van der Waals surface area (Å²) in [4.78, 5) is 68.7. The van der Waals surface area contributed by atoms with Gasteiger partial charge in [-0.3, -0.25) is 19.1 Å². The number of aromatic nitrogens is 4. The maximum Gasteiger partial charge on any atom is 0.433 e. The molecule has 4 amide bonds. The molecule has 2 aromatic carbocycles. The highest BCUT2D eigenvalue weighted by atomic mass is 32.1. The van der Waals surface area contributed by atoms with Crippen LogP contribution in [0, 0.1) is 18.3 Å². The number of β-amino-alcohol motifs (C(OH)–C–C–N with tert-alkyl or cyclic N) is 1. The van der Waals surface area contributed by atoms with Crippen molar-refractivity contribution in [1.29, 1.82) is 0 Å². The van der Waals surface area contributed by atoms with Gasteiger partial charge in [-0.25, -0.2) is 14.8 Å². The number of alkyl carbamates (subject to hydrolysis) is 1. The molecule has 424 valence electrons. The Bertz CT molecular complexity index is 2940. The van der Waals surface area contributed by atoms with Crippen LogP contribution in [0.5, 0.6) is 5.75 Å². The number of amides is 4. The third-order valence-electron chi connectivity index (χ3n) is 14.0. The molecule has 7 rings (SSSR count). The fourth-order valence-corrected chi connectivity index (χ4v) is 10.8. The highest BCUT2D eigenvalue weighted by Gasteiger charge is 2.46. The highest BCUT2D eigenvalue weighted by Crippen LogP contribution is 2.39. The predicted molar refractivity (Wildman–Crippen MR) is 291 cm³/mol. The molecule has 5 aromatic rings. The van der Waals surface area contributed by atoms with E-state index < -0.39 is 76.2 Å². The van der Waals surface area contributed by atoms with Crippen molar-refractivity contribution in [2.75, 3.05) is 63.8 Å². The molecule has 3 aromatic heterocycles. The van der Waals surface area contributed by atoms with Gasteiger partial charge in [-0.2, -0.15) is 18.3 Å². The summed E-state index contributed by atoms with van der Waals surface area (Å²) >= 11 is 1.49. The number of halogens is 3.